The van der Waals surface area contributed by atoms with Gasteiger partial charge in [-0.3, -0.25) is 14.5 Å². The van der Waals surface area contributed by atoms with Crippen LogP contribution in [-0.4, -0.2) is 23.3 Å². The second-order valence-corrected chi connectivity index (χ2v) is 8.88. The van der Waals surface area contributed by atoms with Crippen LogP contribution in [0.25, 0.3) is 0 Å². The van der Waals surface area contributed by atoms with Crippen molar-refractivity contribution in [2.75, 3.05) is 6.54 Å². The van der Waals surface area contributed by atoms with Crippen molar-refractivity contribution in [3.8, 4) is 0 Å². The predicted molar refractivity (Wildman–Crippen MR) is 124 cm³/mol. The van der Waals surface area contributed by atoms with Gasteiger partial charge in [-0.25, -0.2) is 0 Å². The molecule has 3 heteroatoms. The molecule has 0 bridgehead atoms. The van der Waals surface area contributed by atoms with Crippen LogP contribution in [0.2, 0.25) is 0 Å². The third-order valence-electron chi connectivity index (χ3n) is 6.14. The Morgan fingerprint density at radius 2 is 0.759 bits per heavy atom. The fourth-order valence-electron chi connectivity index (χ4n) is 4.18. The molecule has 3 nitrogen and oxygen atoms in total. The van der Waals surface area contributed by atoms with Gasteiger partial charge in [-0.2, -0.15) is 0 Å². The quantitative estimate of drug-likeness (QED) is 0.145. The number of rotatable bonds is 21. The van der Waals surface area contributed by atoms with Crippen molar-refractivity contribution in [1.82, 2.24) is 4.90 Å². The third-order valence-corrected chi connectivity index (χ3v) is 6.14. The van der Waals surface area contributed by atoms with Crippen molar-refractivity contribution in [3.63, 3.8) is 0 Å². The number of imide groups is 1. The molecule has 0 aromatic heterocycles. The van der Waals surface area contributed by atoms with E-state index < -0.39 is 0 Å². The van der Waals surface area contributed by atoms with Crippen molar-refractivity contribution >= 4 is 11.8 Å². The minimum Gasteiger partial charge on any atom is -0.275 e. The minimum absolute atomic E-state index is 0.146. The van der Waals surface area contributed by atoms with E-state index in [4.69, 9.17) is 0 Å². The lowest BCUT2D eigenvalue weighted by molar-refractivity contribution is -0.136. The maximum Gasteiger partial charge on any atom is 0.253 e. The number of nitrogens with zero attached hydrogens (tertiary/aromatic N) is 1. The van der Waals surface area contributed by atoms with Gasteiger partial charge in [0.15, 0.2) is 0 Å². The van der Waals surface area contributed by atoms with E-state index in [0.29, 0.717) is 6.54 Å². The van der Waals surface area contributed by atoms with Crippen LogP contribution in [0.3, 0.4) is 0 Å². The van der Waals surface area contributed by atoms with Crippen molar-refractivity contribution in [3.05, 3.63) is 12.2 Å². The van der Waals surface area contributed by atoms with E-state index in [1.165, 1.54) is 133 Å². The number of hydrogen-bond donors (Lipinski definition) is 0. The molecular formula is C26H47NO2. The Morgan fingerprint density at radius 1 is 0.483 bits per heavy atom. The molecule has 0 unspecified atom stereocenters. The van der Waals surface area contributed by atoms with Crippen LogP contribution in [0.5, 0.6) is 0 Å². The molecule has 0 radical (unpaired) electrons. The fourth-order valence-corrected chi connectivity index (χ4v) is 4.18. The number of carbonyl (C=O) groups excluding carboxylic acids is 2. The molecular weight excluding hydrogens is 358 g/mol. The van der Waals surface area contributed by atoms with Gasteiger partial charge >= 0.3 is 0 Å². The maximum atomic E-state index is 11.4. The summed E-state index contributed by atoms with van der Waals surface area (Å²) < 4.78 is 0. The van der Waals surface area contributed by atoms with Crippen molar-refractivity contribution < 1.29 is 9.59 Å². The number of carbonyl (C=O) groups is 2. The number of amides is 2. The lowest BCUT2D eigenvalue weighted by Gasteiger charge is -2.12. The highest BCUT2D eigenvalue weighted by Crippen LogP contribution is 2.15. The first-order chi connectivity index (χ1) is 14.3. The molecule has 0 aromatic carbocycles. The van der Waals surface area contributed by atoms with Gasteiger partial charge in [-0.1, -0.05) is 129 Å². The van der Waals surface area contributed by atoms with Gasteiger partial charge in [0.25, 0.3) is 11.8 Å². The minimum atomic E-state index is -0.146. The SMILES string of the molecule is CCCCCCCCCCCCCCCCCCCCCCN1C(=O)C=CC1=O. The highest BCUT2D eigenvalue weighted by molar-refractivity contribution is 6.12. The summed E-state index contributed by atoms with van der Waals surface area (Å²) in [6, 6.07) is 0. The second-order valence-electron chi connectivity index (χ2n) is 8.88. The molecule has 29 heavy (non-hydrogen) atoms. The molecule has 0 saturated heterocycles. The molecule has 0 fully saturated rings. The van der Waals surface area contributed by atoms with Crippen molar-refractivity contribution in [2.45, 2.75) is 135 Å². The van der Waals surface area contributed by atoms with Gasteiger partial charge in [0.2, 0.25) is 0 Å². The molecule has 0 spiro atoms. The van der Waals surface area contributed by atoms with Gasteiger partial charge in [0, 0.05) is 18.7 Å². The van der Waals surface area contributed by atoms with E-state index in [2.05, 4.69) is 6.92 Å². The van der Waals surface area contributed by atoms with Crippen molar-refractivity contribution in [2.24, 2.45) is 0 Å². The van der Waals surface area contributed by atoms with Crippen LogP contribution in [0, 0.1) is 0 Å². The number of hydrogen-bond acceptors (Lipinski definition) is 2. The van der Waals surface area contributed by atoms with E-state index in [1.807, 2.05) is 0 Å². The van der Waals surface area contributed by atoms with E-state index in [0.717, 1.165) is 12.8 Å². The highest BCUT2D eigenvalue weighted by atomic mass is 16.2. The van der Waals surface area contributed by atoms with E-state index in [1.54, 1.807) is 0 Å². The molecule has 0 aromatic rings. The molecule has 1 heterocycles. The summed E-state index contributed by atoms with van der Waals surface area (Å²) in [4.78, 5) is 24.2. The fraction of sp³-hybridized carbons (Fsp3) is 0.846. The Labute approximate surface area is 180 Å². The first kappa shape index (κ1) is 25.9. The largest absolute Gasteiger partial charge is 0.275 e. The highest BCUT2D eigenvalue weighted by Gasteiger charge is 2.21. The Balaban J connectivity index is 1.69. The standard InChI is InChI=1S/C26H47NO2/c1-2-3-4-5-6-7-8-9-10-11-12-13-14-15-16-17-18-19-20-21-24-27-25(28)22-23-26(27)29/h22-23H,2-21,24H2,1H3. The summed E-state index contributed by atoms with van der Waals surface area (Å²) in [5, 5.41) is 0. The molecule has 0 saturated carbocycles. The van der Waals surface area contributed by atoms with Crippen LogP contribution >= 0.6 is 0 Å². The van der Waals surface area contributed by atoms with Crippen LogP contribution < -0.4 is 0 Å². The van der Waals surface area contributed by atoms with Crippen LogP contribution in [-0.2, 0) is 9.59 Å². The summed E-state index contributed by atoms with van der Waals surface area (Å²) >= 11 is 0. The second kappa shape index (κ2) is 18.9. The third kappa shape index (κ3) is 14.5. The van der Waals surface area contributed by atoms with E-state index in [9.17, 15) is 9.59 Å². The Hall–Kier alpha value is -1.12. The van der Waals surface area contributed by atoms with Gasteiger partial charge in [-0.15, -0.1) is 0 Å². The van der Waals surface area contributed by atoms with Gasteiger partial charge in [0.1, 0.15) is 0 Å². The average molecular weight is 406 g/mol. The monoisotopic (exact) mass is 405 g/mol. The molecule has 1 aliphatic rings. The number of unbranched alkanes of at least 4 members (excludes halogenated alkanes) is 19. The molecule has 0 atom stereocenters. The molecule has 2 amide bonds. The summed E-state index contributed by atoms with van der Waals surface area (Å²) in [5.41, 5.74) is 0. The van der Waals surface area contributed by atoms with Gasteiger partial charge in [0.05, 0.1) is 0 Å². The van der Waals surface area contributed by atoms with Gasteiger partial charge < -0.3 is 0 Å². The zero-order valence-corrected chi connectivity index (χ0v) is 19.3. The van der Waals surface area contributed by atoms with E-state index >= 15 is 0 Å². The Bertz CT molecular complexity index is 426. The first-order valence-electron chi connectivity index (χ1n) is 12.8. The Morgan fingerprint density at radius 3 is 1.07 bits per heavy atom. The Kier molecular flexibility index (Phi) is 16.9. The summed E-state index contributed by atoms with van der Waals surface area (Å²) in [5.74, 6) is -0.291. The summed E-state index contributed by atoms with van der Waals surface area (Å²) in [7, 11) is 0. The summed E-state index contributed by atoms with van der Waals surface area (Å²) in [6.45, 7) is 2.87. The van der Waals surface area contributed by atoms with Crippen molar-refractivity contribution in [1.29, 1.82) is 0 Å². The molecule has 0 aliphatic carbocycles. The summed E-state index contributed by atoms with van der Waals surface area (Å²) in [6.07, 6.45) is 30.0. The zero-order valence-electron chi connectivity index (χ0n) is 19.3. The van der Waals surface area contributed by atoms with Crippen LogP contribution in [0.4, 0.5) is 0 Å². The topological polar surface area (TPSA) is 37.4 Å². The predicted octanol–water partition coefficient (Wildman–Crippen LogP) is 7.73. The lowest BCUT2D eigenvalue weighted by atomic mass is 10.0. The molecule has 0 N–H and O–H groups in total. The molecule has 1 rings (SSSR count). The molecule has 168 valence electrons. The first-order valence-corrected chi connectivity index (χ1v) is 12.8. The van der Waals surface area contributed by atoms with Gasteiger partial charge in [-0.05, 0) is 6.42 Å². The smallest absolute Gasteiger partial charge is 0.253 e. The van der Waals surface area contributed by atoms with Crippen LogP contribution in [0.15, 0.2) is 12.2 Å². The average Bonchev–Trinajstić information content (AvgIpc) is 3.04. The molecule has 1 aliphatic heterocycles. The zero-order chi connectivity index (χ0) is 21.0. The maximum absolute atomic E-state index is 11.4. The normalized spacial score (nSPS) is 13.8. The lowest BCUT2D eigenvalue weighted by Crippen LogP contribution is -2.30. The van der Waals surface area contributed by atoms with E-state index in [-0.39, 0.29) is 11.8 Å². The van der Waals surface area contributed by atoms with Crippen LogP contribution in [0.1, 0.15) is 135 Å².